The molecule has 21 heavy (non-hydrogen) atoms. The molecule has 0 fully saturated rings. The molecule has 118 valence electrons. The highest BCUT2D eigenvalue weighted by molar-refractivity contribution is 9.10. The third-order valence-corrected chi connectivity index (χ3v) is 3.83. The first-order valence-corrected chi connectivity index (χ1v) is 7.46. The summed E-state index contributed by atoms with van der Waals surface area (Å²) in [4.78, 5) is 14.0. The summed E-state index contributed by atoms with van der Waals surface area (Å²) in [6.45, 7) is 6.82. The summed E-state index contributed by atoms with van der Waals surface area (Å²) in [5.41, 5.74) is -0.844. The molecule has 1 aromatic carbocycles. The van der Waals surface area contributed by atoms with Crippen LogP contribution in [0.25, 0.3) is 0 Å². The van der Waals surface area contributed by atoms with Crippen molar-refractivity contribution in [1.82, 2.24) is 10.2 Å². The Hall–Kier alpha value is -1.08. The van der Waals surface area contributed by atoms with Gasteiger partial charge in [0.1, 0.15) is 0 Å². The van der Waals surface area contributed by atoms with E-state index < -0.39 is 17.6 Å². The number of carbonyl (C=O) groups is 1. The molecule has 0 aliphatic rings. The van der Waals surface area contributed by atoms with Crippen LogP contribution in [0.5, 0.6) is 0 Å². The third kappa shape index (κ3) is 5.32. The van der Waals surface area contributed by atoms with E-state index in [1.807, 2.05) is 13.8 Å². The molecule has 0 aromatic heterocycles. The van der Waals surface area contributed by atoms with Crippen LogP contribution >= 0.6 is 15.9 Å². The van der Waals surface area contributed by atoms with Gasteiger partial charge in [-0.3, -0.25) is 4.79 Å². The van der Waals surface area contributed by atoms with Crippen molar-refractivity contribution < 1.29 is 18.0 Å². The zero-order valence-electron chi connectivity index (χ0n) is 11.9. The predicted octanol–water partition coefficient (Wildman–Crippen LogP) is 3.54. The van der Waals surface area contributed by atoms with Gasteiger partial charge >= 0.3 is 6.18 Å². The number of nitrogens with one attached hydrogen (secondary N) is 1. The average molecular weight is 367 g/mol. The van der Waals surface area contributed by atoms with Crippen LogP contribution < -0.4 is 5.32 Å². The van der Waals surface area contributed by atoms with Crippen LogP contribution in [0.1, 0.15) is 29.8 Å². The van der Waals surface area contributed by atoms with Gasteiger partial charge in [-0.2, -0.15) is 13.2 Å². The molecule has 0 aliphatic carbocycles. The molecular formula is C14H18BrF3N2O. The average Bonchev–Trinajstić information content (AvgIpc) is 2.42. The second-order valence-corrected chi connectivity index (χ2v) is 5.33. The van der Waals surface area contributed by atoms with Crippen LogP contribution in [0.15, 0.2) is 22.7 Å². The lowest BCUT2D eigenvalue weighted by molar-refractivity contribution is -0.138. The van der Waals surface area contributed by atoms with Crippen molar-refractivity contribution in [2.45, 2.75) is 20.0 Å². The maximum atomic E-state index is 12.8. The molecule has 0 saturated heterocycles. The highest BCUT2D eigenvalue weighted by Gasteiger charge is 2.33. The van der Waals surface area contributed by atoms with Gasteiger partial charge in [-0.25, -0.2) is 0 Å². The van der Waals surface area contributed by atoms with Crippen LogP contribution in [0.4, 0.5) is 13.2 Å². The van der Waals surface area contributed by atoms with Crippen molar-refractivity contribution in [2.75, 3.05) is 26.2 Å². The molecule has 0 saturated carbocycles. The maximum absolute atomic E-state index is 12.8. The molecule has 0 heterocycles. The number of hydrogen-bond acceptors (Lipinski definition) is 2. The van der Waals surface area contributed by atoms with E-state index in [2.05, 4.69) is 26.1 Å². The lowest BCUT2D eigenvalue weighted by Crippen LogP contribution is -2.34. The van der Waals surface area contributed by atoms with Gasteiger partial charge in [0.05, 0.1) is 5.56 Å². The van der Waals surface area contributed by atoms with Crippen molar-refractivity contribution in [3.05, 3.63) is 33.8 Å². The number of hydrogen-bond donors (Lipinski definition) is 1. The molecule has 1 aromatic rings. The van der Waals surface area contributed by atoms with Crippen molar-refractivity contribution in [1.29, 1.82) is 0 Å². The minimum atomic E-state index is -4.49. The fourth-order valence-electron chi connectivity index (χ4n) is 1.85. The van der Waals surface area contributed by atoms with Gasteiger partial charge in [0, 0.05) is 23.1 Å². The van der Waals surface area contributed by atoms with E-state index in [9.17, 15) is 18.0 Å². The zero-order chi connectivity index (χ0) is 16.0. The van der Waals surface area contributed by atoms with E-state index in [4.69, 9.17) is 0 Å². The van der Waals surface area contributed by atoms with Gasteiger partial charge in [-0.05, 0) is 31.3 Å². The van der Waals surface area contributed by atoms with Gasteiger partial charge in [0.15, 0.2) is 0 Å². The van der Waals surface area contributed by atoms with E-state index in [0.29, 0.717) is 13.1 Å². The molecule has 3 nitrogen and oxygen atoms in total. The van der Waals surface area contributed by atoms with Crippen LogP contribution in [0, 0.1) is 0 Å². The highest BCUT2D eigenvalue weighted by atomic mass is 79.9. The quantitative estimate of drug-likeness (QED) is 0.834. The largest absolute Gasteiger partial charge is 0.417 e. The summed E-state index contributed by atoms with van der Waals surface area (Å²) < 4.78 is 38.2. The first kappa shape index (κ1) is 18.0. The van der Waals surface area contributed by atoms with Gasteiger partial charge in [0.25, 0.3) is 5.91 Å². The van der Waals surface area contributed by atoms with Gasteiger partial charge in [-0.15, -0.1) is 0 Å². The molecule has 1 amide bonds. The second-order valence-electron chi connectivity index (χ2n) is 4.48. The molecule has 0 bridgehead atoms. The lowest BCUT2D eigenvalue weighted by atomic mass is 10.1. The SMILES string of the molecule is CCN(CC)CCNC(=O)c1ccc(Br)c(C(F)(F)F)c1. The van der Waals surface area contributed by atoms with Gasteiger partial charge < -0.3 is 10.2 Å². The molecular weight excluding hydrogens is 349 g/mol. The van der Waals surface area contributed by atoms with Crippen LogP contribution in [0.2, 0.25) is 0 Å². The Morgan fingerprint density at radius 1 is 1.29 bits per heavy atom. The summed E-state index contributed by atoms with van der Waals surface area (Å²) in [5, 5.41) is 2.63. The number of amides is 1. The summed E-state index contributed by atoms with van der Waals surface area (Å²) in [7, 11) is 0. The topological polar surface area (TPSA) is 32.3 Å². The summed E-state index contributed by atoms with van der Waals surface area (Å²) in [6, 6.07) is 3.46. The summed E-state index contributed by atoms with van der Waals surface area (Å²) >= 11 is 2.85. The summed E-state index contributed by atoms with van der Waals surface area (Å²) in [5.74, 6) is -0.500. The van der Waals surface area contributed by atoms with Crippen LogP contribution in [-0.4, -0.2) is 37.0 Å². The number of carbonyl (C=O) groups excluding carboxylic acids is 1. The van der Waals surface area contributed by atoms with Gasteiger partial charge in [-0.1, -0.05) is 29.8 Å². The summed E-state index contributed by atoms with van der Waals surface area (Å²) in [6.07, 6.45) is -4.49. The number of likely N-dealkylation sites (N-methyl/N-ethyl adjacent to an activating group) is 1. The zero-order valence-corrected chi connectivity index (χ0v) is 13.5. The van der Waals surface area contributed by atoms with E-state index in [1.54, 1.807) is 0 Å². The highest BCUT2D eigenvalue weighted by Crippen LogP contribution is 2.35. The molecule has 1 rings (SSSR count). The van der Waals surface area contributed by atoms with E-state index in [1.165, 1.54) is 12.1 Å². The maximum Gasteiger partial charge on any atom is 0.417 e. The smallest absolute Gasteiger partial charge is 0.351 e. The monoisotopic (exact) mass is 366 g/mol. The first-order chi connectivity index (χ1) is 9.79. The van der Waals surface area contributed by atoms with Crippen LogP contribution in [-0.2, 0) is 6.18 Å². The van der Waals surface area contributed by atoms with Crippen molar-refractivity contribution in [2.24, 2.45) is 0 Å². The molecule has 0 atom stereocenters. The number of alkyl halides is 3. The number of benzene rings is 1. The number of halogens is 4. The van der Waals surface area contributed by atoms with Crippen LogP contribution in [0.3, 0.4) is 0 Å². The van der Waals surface area contributed by atoms with Crippen molar-refractivity contribution in [3.63, 3.8) is 0 Å². The lowest BCUT2D eigenvalue weighted by Gasteiger charge is -2.18. The normalized spacial score (nSPS) is 11.8. The number of nitrogens with zero attached hydrogens (tertiary/aromatic N) is 1. The van der Waals surface area contributed by atoms with Crippen molar-refractivity contribution in [3.8, 4) is 0 Å². The molecule has 0 spiro atoms. The predicted molar refractivity (Wildman–Crippen MR) is 79.3 cm³/mol. The fourth-order valence-corrected chi connectivity index (χ4v) is 2.32. The number of rotatable bonds is 6. The molecule has 7 heteroatoms. The van der Waals surface area contributed by atoms with Crippen molar-refractivity contribution >= 4 is 21.8 Å². The Bertz CT molecular complexity index is 488. The fraction of sp³-hybridized carbons (Fsp3) is 0.500. The standard InChI is InChI=1S/C14H18BrF3N2O/c1-3-20(4-2)8-7-19-13(21)10-5-6-12(15)11(9-10)14(16,17)18/h5-6,9H,3-4,7-8H2,1-2H3,(H,19,21). The Kier molecular flexibility index (Phi) is 6.67. The minimum Gasteiger partial charge on any atom is -0.351 e. The molecule has 0 unspecified atom stereocenters. The van der Waals surface area contributed by atoms with E-state index in [0.717, 1.165) is 19.2 Å². The Morgan fingerprint density at radius 3 is 2.43 bits per heavy atom. The third-order valence-electron chi connectivity index (χ3n) is 3.14. The molecule has 0 aliphatic heterocycles. The molecule has 1 N–H and O–H groups in total. The second kappa shape index (κ2) is 7.79. The van der Waals surface area contributed by atoms with E-state index in [-0.39, 0.29) is 10.0 Å². The Balaban J connectivity index is 2.71. The van der Waals surface area contributed by atoms with Gasteiger partial charge in [0.2, 0.25) is 0 Å². The van der Waals surface area contributed by atoms with E-state index >= 15 is 0 Å². The minimum absolute atomic E-state index is 0.00470. The Morgan fingerprint density at radius 2 is 1.90 bits per heavy atom. The first-order valence-electron chi connectivity index (χ1n) is 6.66. The molecule has 0 radical (unpaired) electrons. The Labute approximate surface area is 130 Å².